The highest BCUT2D eigenvalue weighted by Gasteiger charge is 2.25. The summed E-state index contributed by atoms with van der Waals surface area (Å²) < 4.78 is 5.28. The van der Waals surface area contributed by atoms with Crippen LogP contribution in [0.25, 0.3) is 6.08 Å². The lowest BCUT2D eigenvalue weighted by atomic mass is 10.2. The van der Waals surface area contributed by atoms with Crippen molar-refractivity contribution in [1.82, 2.24) is 0 Å². The van der Waals surface area contributed by atoms with E-state index in [9.17, 15) is 9.59 Å². The summed E-state index contributed by atoms with van der Waals surface area (Å²) in [6.07, 6.45) is 3.10. The minimum atomic E-state index is -0.501. The molecule has 26 heavy (non-hydrogen) atoms. The molecule has 2 aliphatic rings. The van der Waals surface area contributed by atoms with E-state index >= 15 is 0 Å². The van der Waals surface area contributed by atoms with Gasteiger partial charge in [-0.15, -0.1) is 0 Å². The van der Waals surface area contributed by atoms with Gasteiger partial charge in [-0.3, -0.25) is 4.79 Å². The highest BCUT2D eigenvalue weighted by Crippen LogP contribution is 2.24. The van der Waals surface area contributed by atoms with Crippen LogP contribution in [0.1, 0.15) is 24.0 Å². The van der Waals surface area contributed by atoms with Crippen LogP contribution in [0.3, 0.4) is 0 Å². The van der Waals surface area contributed by atoms with Crippen molar-refractivity contribution in [3.63, 3.8) is 0 Å². The van der Waals surface area contributed by atoms with Crippen molar-refractivity contribution < 1.29 is 14.3 Å². The Kier molecular flexibility index (Phi) is 4.31. The van der Waals surface area contributed by atoms with Crippen LogP contribution in [0.15, 0.2) is 59.2 Å². The predicted octanol–water partition coefficient (Wildman–Crippen LogP) is 3.81. The second-order valence-corrected chi connectivity index (χ2v) is 6.52. The topological polar surface area (TPSA) is 59.0 Å². The molecule has 2 aliphatic heterocycles. The highest BCUT2D eigenvalue weighted by molar-refractivity contribution is 6.30. The average Bonchev–Trinajstić information content (AvgIpc) is 3.21. The molecule has 2 aromatic carbocycles. The minimum absolute atomic E-state index is 0.133. The Morgan fingerprint density at radius 1 is 1.12 bits per heavy atom. The van der Waals surface area contributed by atoms with Crippen LogP contribution in [-0.4, -0.2) is 24.3 Å². The van der Waals surface area contributed by atoms with E-state index in [0.717, 1.165) is 24.2 Å². The lowest BCUT2D eigenvalue weighted by molar-refractivity contribution is -0.130. The van der Waals surface area contributed by atoms with E-state index in [1.807, 2.05) is 18.2 Å². The molecule has 4 rings (SSSR count). The number of hydrogen-bond acceptors (Lipinski definition) is 4. The van der Waals surface area contributed by atoms with Gasteiger partial charge in [0.15, 0.2) is 5.70 Å². The van der Waals surface area contributed by atoms with Crippen LogP contribution in [0, 0.1) is 0 Å². The van der Waals surface area contributed by atoms with Gasteiger partial charge < -0.3 is 9.64 Å². The van der Waals surface area contributed by atoms with Crippen molar-refractivity contribution in [2.75, 3.05) is 11.4 Å². The first-order valence-electron chi connectivity index (χ1n) is 8.29. The van der Waals surface area contributed by atoms with Crippen LogP contribution in [0.2, 0.25) is 5.02 Å². The number of nitrogens with zero attached hydrogens (tertiary/aromatic N) is 2. The van der Waals surface area contributed by atoms with E-state index in [1.54, 1.807) is 41.3 Å². The Bertz CT molecular complexity index is 948. The summed E-state index contributed by atoms with van der Waals surface area (Å²) in [4.78, 5) is 29.9. The van der Waals surface area contributed by atoms with Crippen LogP contribution < -0.4 is 4.90 Å². The first kappa shape index (κ1) is 16.5. The molecule has 0 radical (unpaired) electrons. The molecule has 130 valence electrons. The van der Waals surface area contributed by atoms with Gasteiger partial charge in [-0.1, -0.05) is 23.7 Å². The second-order valence-electron chi connectivity index (χ2n) is 6.09. The number of halogens is 1. The van der Waals surface area contributed by atoms with E-state index in [4.69, 9.17) is 16.3 Å². The number of anilines is 1. The molecular weight excluding hydrogens is 352 g/mol. The molecule has 0 saturated carbocycles. The lowest BCUT2D eigenvalue weighted by Gasteiger charge is -2.15. The molecule has 1 fully saturated rings. The summed E-state index contributed by atoms with van der Waals surface area (Å²) in [6, 6.07) is 14.4. The zero-order valence-corrected chi connectivity index (χ0v) is 14.6. The number of ether oxygens (including phenoxy) is 1. The Balaban J connectivity index is 1.58. The largest absolute Gasteiger partial charge is 0.402 e. The quantitative estimate of drug-likeness (QED) is 0.613. The summed E-state index contributed by atoms with van der Waals surface area (Å²) in [5.41, 5.74) is 2.53. The molecule has 0 atom stereocenters. The number of carbonyl (C=O) groups excluding carboxylic acids is 2. The summed E-state index contributed by atoms with van der Waals surface area (Å²) in [5, 5.41) is 0.585. The van der Waals surface area contributed by atoms with Gasteiger partial charge in [0.25, 0.3) is 0 Å². The van der Waals surface area contributed by atoms with Gasteiger partial charge in [0.1, 0.15) is 0 Å². The number of hydrogen-bond donors (Lipinski definition) is 0. The highest BCUT2D eigenvalue weighted by atomic mass is 35.5. The molecule has 6 heteroatoms. The third-order valence-electron chi connectivity index (χ3n) is 4.27. The molecule has 0 spiro atoms. The van der Waals surface area contributed by atoms with Gasteiger partial charge in [0, 0.05) is 29.2 Å². The van der Waals surface area contributed by atoms with Gasteiger partial charge in [-0.05, 0) is 54.5 Å². The van der Waals surface area contributed by atoms with Crippen LogP contribution >= 0.6 is 11.6 Å². The maximum absolute atomic E-state index is 12.1. The summed E-state index contributed by atoms with van der Waals surface area (Å²) in [6.45, 7) is 0.737. The van der Waals surface area contributed by atoms with Crippen molar-refractivity contribution >= 4 is 41.1 Å². The van der Waals surface area contributed by atoms with E-state index in [0.29, 0.717) is 17.0 Å². The summed E-state index contributed by atoms with van der Waals surface area (Å²) in [5.74, 6) is -0.115. The van der Waals surface area contributed by atoms with Crippen LogP contribution in [0.5, 0.6) is 0 Å². The number of rotatable bonds is 3. The van der Waals surface area contributed by atoms with Crippen molar-refractivity contribution in [1.29, 1.82) is 0 Å². The van der Waals surface area contributed by atoms with Gasteiger partial charge in [-0.25, -0.2) is 9.79 Å². The number of carbonyl (C=O) groups is 2. The third kappa shape index (κ3) is 3.26. The third-order valence-corrected chi connectivity index (χ3v) is 4.51. The number of benzene rings is 2. The van der Waals surface area contributed by atoms with E-state index in [-0.39, 0.29) is 17.5 Å². The molecule has 0 bridgehead atoms. The van der Waals surface area contributed by atoms with E-state index in [2.05, 4.69) is 4.99 Å². The minimum Gasteiger partial charge on any atom is -0.402 e. The van der Waals surface area contributed by atoms with Crippen LogP contribution in [-0.2, 0) is 14.3 Å². The molecule has 0 N–H and O–H groups in total. The smallest absolute Gasteiger partial charge is 0.363 e. The summed E-state index contributed by atoms with van der Waals surface area (Å²) in [7, 11) is 0. The SMILES string of the molecule is O=C1OC(c2ccc(N3CCCC3=O)cc2)=N/C1=C\c1cccc(Cl)c1. The Hall–Kier alpha value is -2.92. The zero-order chi connectivity index (χ0) is 18.1. The van der Waals surface area contributed by atoms with E-state index in [1.165, 1.54) is 0 Å². The van der Waals surface area contributed by atoms with Crippen molar-refractivity contribution in [3.8, 4) is 0 Å². The fraction of sp³-hybridized carbons (Fsp3) is 0.150. The molecular formula is C20H15ClN2O3. The second kappa shape index (κ2) is 6.77. The number of esters is 1. The molecule has 2 heterocycles. The number of amides is 1. The Morgan fingerprint density at radius 3 is 2.62 bits per heavy atom. The van der Waals surface area contributed by atoms with Gasteiger partial charge in [-0.2, -0.15) is 0 Å². The van der Waals surface area contributed by atoms with Gasteiger partial charge in [0.2, 0.25) is 11.8 Å². The number of cyclic esters (lactones) is 1. The fourth-order valence-electron chi connectivity index (χ4n) is 2.99. The molecule has 2 aromatic rings. The average molecular weight is 367 g/mol. The molecule has 1 amide bonds. The summed E-state index contributed by atoms with van der Waals surface area (Å²) >= 11 is 5.96. The van der Waals surface area contributed by atoms with Crippen molar-refractivity contribution in [2.45, 2.75) is 12.8 Å². The normalized spacial score (nSPS) is 18.4. The molecule has 0 aliphatic carbocycles. The first-order chi connectivity index (χ1) is 12.6. The molecule has 1 saturated heterocycles. The van der Waals surface area contributed by atoms with Crippen molar-refractivity contribution in [3.05, 3.63) is 70.4 Å². The van der Waals surface area contributed by atoms with E-state index < -0.39 is 5.97 Å². The van der Waals surface area contributed by atoms with Crippen LogP contribution in [0.4, 0.5) is 5.69 Å². The number of aliphatic imine (C=N–C) groups is 1. The van der Waals surface area contributed by atoms with Gasteiger partial charge in [0.05, 0.1) is 0 Å². The Morgan fingerprint density at radius 2 is 1.92 bits per heavy atom. The maximum atomic E-state index is 12.1. The molecule has 0 aromatic heterocycles. The zero-order valence-electron chi connectivity index (χ0n) is 13.8. The predicted molar refractivity (Wildman–Crippen MR) is 100 cm³/mol. The van der Waals surface area contributed by atoms with Gasteiger partial charge >= 0.3 is 5.97 Å². The maximum Gasteiger partial charge on any atom is 0.363 e. The monoisotopic (exact) mass is 366 g/mol. The molecule has 0 unspecified atom stereocenters. The standard InChI is InChI=1S/C20H15ClN2O3/c21-15-4-1-3-13(11-15)12-17-20(25)26-19(22-17)14-6-8-16(9-7-14)23-10-2-5-18(23)24/h1,3-4,6-9,11-12H,2,5,10H2/b17-12-. The lowest BCUT2D eigenvalue weighted by Crippen LogP contribution is -2.23. The first-order valence-corrected chi connectivity index (χ1v) is 8.67. The molecule has 5 nitrogen and oxygen atoms in total. The Labute approximate surface area is 155 Å². The fourth-order valence-corrected chi connectivity index (χ4v) is 3.19. The van der Waals surface area contributed by atoms with Crippen molar-refractivity contribution in [2.24, 2.45) is 4.99 Å².